The summed E-state index contributed by atoms with van der Waals surface area (Å²) in [4.78, 5) is 12.0. The summed E-state index contributed by atoms with van der Waals surface area (Å²) in [5.41, 5.74) is 1.70. The van der Waals surface area contributed by atoms with Gasteiger partial charge in [0.1, 0.15) is 11.9 Å². The Bertz CT molecular complexity index is 493. The first kappa shape index (κ1) is 15.6. The zero-order valence-electron chi connectivity index (χ0n) is 12.6. The van der Waals surface area contributed by atoms with E-state index in [1.165, 1.54) is 0 Å². The van der Waals surface area contributed by atoms with Gasteiger partial charge in [-0.15, -0.1) is 0 Å². The lowest BCUT2D eigenvalue weighted by atomic mass is 10.2. The number of carbonyl (C=O) groups excluding carboxylic acids is 1. The molecule has 0 bridgehead atoms. The van der Waals surface area contributed by atoms with E-state index in [-0.39, 0.29) is 18.2 Å². The summed E-state index contributed by atoms with van der Waals surface area (Å²) < 4.78 is 16.1. The lowest BCUT2D eigenvalue weighted by molar-refractivity contribution is 0.0428. The number of methoxy groups -OCH3 is 1. The molecule has 0 radical (unpaired) electrons. The van der Waals surface area contributed by atoms with Crippen molar-refractivity contribution in [1.82, 2.24) is 5.32 Å². The summed E-state index contributed by atoms with van der Waals surface area (Å²) in [6.45, 7) is 5.45. The number of rotatable bonds is 5. The monoisotopic (exact) mass is 294 g/mol. The minimum atomic E-state index is -0.277. The van der Waals surface area contributed by atoms with Crippen LogP contribution in [0.25, 0.3) is 0 Å². The average Bonchev–Trinajstić information content (AvgIpc) is 2.88. The average molecular weight is 294 g/mol. The van der Waals surface area contributed by atoms with Gasteiger partial charge in [-0.25, -0.2) is 4.79 Å². The van der Waals surface area contributed by atoms with Gasteiger partial charge in [0.05, 0.1) is 26.4 Å². The Morgan fingerprint density at radius 2 is 2.24 bits per heavy atom. The lowest BCUT2D eigenvalue weighted by Gasteiger charge is -2.19. The Hall–Kier alpha value is -1.79. The number of carbonyl (C=O) groups is 1. The Morgan fingerprint density at radius 1 is 1.43 bits per heavy atom. The highest BCUT2D eigenvalue weighted by Gasteiger charge is 2.30. The van der Waals surface area contributed by atoms with E-state index in [1.54, 1.807) is 13.2 Å². The van der Waals surface area contributed by atoms with E-state index in [0.29, 0.717) is 25.5 Å². The van der Waals surface area contributed by atoms with Gasteiger partial charge in [0.15, 0.2) is 0 Å². The summed E-state index contributed by atoms with van der Waals surface area (Å²) in [7, 11) is 1.61. The largest absolute Gasteiger partial charge is 0.496 e. The number of nitrogens with one attached hydrogen (secondary N) is 2. The Kier molecular flexibility index (Phi) is 5.41. The minimum Gasteiger partial charge on any atom is -0.496 e. The van der Waals surface area contributed by atoms with E-state index in [2.05, 4.69) is 10.6 Å². The first-order chi connectivity index (χ1) is 10.1. The number of anilines is 1. The molecule has 6 nitrogen and oxygen atoms in total. The molecule has 1 heterocycles. The zero-order chi connectivity index (χ0) is 15.2. The quantitative estimate of drug-likeness (QED) is 0.870. The summed E-state index contributed by atoms with van der Waals surface area (Å²) in [5.74, 6) is 0.740. The van der Waals surface area contributed by atoms with Gasteiger partial charge in [0.2, 0.25) is 0 Å². The first-order valence-corrected chi connectivity index (χ1v) is 7.05. The molecule has 1 aromatic rings. The molecular formula is C15H22N2O4. The molecule has 2 amide bonds. The normalized spacial score (nSPS) is 21.1. The highest BCUT2D eigenvalue weighted by atomic mass is 16.5. The van der Waals surface area contributed by atoms with Gasteiger partial charge in [-0.05, 0) is 25.5 Å². The van der Waals surface area contributed by atoms with E-state index in [0.717, 1.165) is 11.3 Å². The predicted octanol–water partition coefficient (Wildman–Crippen LogP) is 1.93. The van der Waals surface area contributed by atoms with Crippen molar-refractivity contribution < 1.29 is 19.0 Å². The third-order valence-electron chi connectivity index (χ3n) is 3.39. The number of ether oxygens (including phenoxy) is 3. The Balaban J connectivity index is 1.92. The molecule has 0 aliphatic carbocycles. The van der Waals surface area contributed by atoms with Gasteiger partial charge < -0.3 is 24.8 Å². The molecule has 116 valence electrons. The van der Waals surface area contributed by atoms with Crippen LogP contribution < -0.4 is 15.4 Å². The first-order valence-electron chi connectivity index (χ1n) is 7.05. The maximum Gasteiger partial charge on any atom is 0.319 e. The van der Waals surface area contributed by atoms with Crippen molar-refractivity contribution in [2.45, 2.75) is 26.0 Å². The number of aryl methyl sites for hydroxylation is 1. The SMILES string of the molecule is CCO[C@H]1COC[C@@H]1NC(=O)Nc1ccc(C)c(OC)c1. The van der Waals surface area contributed by atoms with Gasteiger partial charge in [-0.2, -0.15) is 0 Å². The summed E-state index contributed by atoms with van der Waals surface area (Å²) >= 11 is 0. The summed E-state index contributed by atoms with van der Waals surface area (Å²) in [5, 5.41) is 5.67. The molecule has 1 aromatic carbocycles. The topological polar surface area (TPSA) is 68.8 Å². The van der Waals surface area contributed by atoms with Crippen LogP contribution in [-0.2, 0) is 9.47 Å². The zero-order valence-corrected chi connectivity index (χ0v) is 12.6. The maximum atomic E-state index is 12.0. The summed E-state index contributed by atoms with van der Waals surface area (Å²) in [6, 6.07) is 5.12. The van der Waals surface area contributed by atoms with Crippen LogP contribution in [0, 0.1) is 6.92 Å². The molecule has 6 heteroatoms. The molecule has 2 rings (SSSR count). The fourth-order valence-corrected chi connectivity index (χ4v) is 2.28. The summed E-state index contributed by atoms with van der Waals surface area (Å²) in [6.07, 6.45) is -0.0895. The van der Waals surface area contributed by atoms with E-state index in [9.17, 15) is 4.79 Å². The maximum absolute atomic E-state index is 12.0. The lowest BCUT2D eigenvalue weighted by Crippen LogP contribution is -2.45. The fraction of sp³-hybridized carbons (Fsp3) is 0.533. The molecule has 1 aliphatic rings. The molecule has 0 spiro atoms. The van der Waals surface area contributed by atoms with Crippen LogP contribution in [0.4, 0.5) is 10.5 Å². The van der Waals surface area contributed by atoms with Crippen molar-refractivity contribution in [2.75, 3.05) is 32.2 Å². The Morgan fingerprint density at radius 3 is 2.95 bits per heavy atom. The molecule has 0 saturated carbocycles. The van der Waals surface area contributed by atoms with Crippen molar-refractivity contribution in [3.8, 4) is 5.75 Å². The van der Waals surface area contributed by atoms with Crippen LogP contribution in [0.5, 0.6) is 5.75 Å². The third-order valence-corrected chi connectivity index (χ3v) is 3.39. The minimum absolute atomic E-state index is 0.0895. The van der Waals surface area contributed by atoms with E-state index < -0.39 is 0 Å². The highest BCUT2D eigenvalue weighted by molar-refractivity contribution is 5.89. The van der Waals surface area contributed by atoms with Gasteiger partial charge in [-0.1, -0.05) is 6.07 Å². The number of benzene rings is 1. The molecule has 21 heavy (non-hydrogen) atoms. The number of hydrogen-bond donors (Lipinski definition) is 2. The van der Waals surface area contributed by atoms with Crippen LogP contribution in [0.1, 0.15) is 12.5 Å². The Labute approximate surface area is 124 Å². The number of hydrogen-bond acceptors (Lipinski definition) is 4. The van der Waals surface area contributed by atoms with Gasteiger partial charge in [0, 0.05) is 18.4 Å². The second kappa shape index (κ2) is 7.28. The van der Waals surface area contributed by atoms with Crippen LogP contribution in [-0.4, -0.2) is 45.1 Å². The molecule has 2 atom stereocenters. The van der Waals surface area contributed by atoms with Gasteiger partial charge >= 0.3 is 6.03 Å². The predicted molar refractivity (Wildman–Crippen MR) is 79.9 cm³/mol. The molecular weight excluding hydrogens is 272 g/mol. The van der Waals surface area contributed by atoms with E-state index in [4.69, 9.17) is 14.2 Å². The molecule has 0 unspecified atom stereocenters. The second-order valence-electron chi connectivity index (χ2n) is 4.92. The van der Waals surface area contributed by atoms with Crippen LogP contribution in [0.3, 0.4) is 0 Å². The third kappa shape index (κ3) is 4.09. The van der Waals surface area contributed by atoms with Crippen LogP contribution in [0.2, 0.25) is 0 Å². The molecule has 1 saturated heterocycles. The van der Waals surface area contributed by atoms with Crippen molar-refractivity contribution in [3.05, 3.63) is 23.8 Å². The van der Waals surface area contributed by atoms with Crippen molar-refractivity contribution in [3.63, 3.8) is 0 Å². The highest BCUT2D eigenvalue weighted by Crippen LogP contribution is 2.22. The van der Waals surface area contributed by atoms with Crippen molar-refractivity contribution >= 4 is 11.7 Å². The molecule has 1 fully saturated rings. The van der Waals surface area contributed by atoms with E-state index in [1.807, 2.05) is 26.0 Å². The molecule has 0 aromatic heterocycles. The van der Waals surface area contributed by atoms with Gasteiger partial charge in [0.25, 0.3) is 0 Å². The van der Waals surface area contributed by atoms with Crippen LogP contribution in [0.15, 0.2) is 18.2 Å². The fourth-order valence-electron chi connectivity index (χ4n) is 2.28. The van der Waals surface area contributed by atoms with E-state index >= 15 is 0 Å². The van der Waals surface area contributed by atoms with Gasteiger partial charge in [-0.3, -0.25) is 0 Å². The molecule has 1 aliphatic heterocycles. The number of urea groups is 1. The van der Waals surface area contributed by atoms with Crippen LogP contribution >= 0.6 is 0 Å². The standard InChI is InChI=1S/C15H22N2O4/c1-4-21-14-9-20-8-12(14)17-15(18)16-11-6-5-10(2)13(7-11)19-3/h5-7,12,14H,4,8-9H2,1-3H3,(H2,16,17,18)/t12-,14-/m0/s1. The van der Waals surface area contributed by atoms with Crippen molar-refractivity contribution in [1.29, 1.82) is 0 Å². The van der Waals surface area contributed by atoms with Crippen molar-refractivity contribution in [2.24, 2.45) is 0 Å². The molecule has 2 N–H and O–H groups in total. The second-order valence-corrected chi connectivity index (χ2v) is 4.92. The number of amides is 2. The smallest absolute Gasteiger partial charge is 0.319 e.